The summed E-state index contributed by atoms with van der Waals surface area (Å²) >= 11 is 17.6. The molecule has 1 amide bonds. The van der Waals surface area contributed by atoms with Crippen molar-refractivity contribution in [3.8, 4) is 0 Å². The van der Waals surface area contributed by atoms with Crippen molar-refractivity contribution in [2.24, 2.45) is 5.10 Å². The number of aromatic amines is 1. The Labute approximate surface area is 147 Å². The molecule has 1 aromatic heterocycles. The molecule has 0 saturated carbocycles. The number of benzene rings is 1. The van der Waals surface area contributed by atoms with Crippen molar-refractivity contribution in [2.45, 2.75) is 0 Å². The number of allylic oxidation sites excluding steroid dienone is 1. The van der Waals surface area contributed by atoms with Crippen molar-refractivity contribution in [3.05, 3.63) is 62.9 Å². The fourth-order valence-corrected chi connectivity index (χ4v) is 2.25. The Morgan fingerprint density at radius 3 is 2.57 bits per heavy atom. The topological polar surface area (TPSA) is 81.6 Å². The molecule has 2 aromatic rings. The number of H-pyrrole nitrogens is 1. The maximum absolute atomic E-state index is 12.0. The lowest BCUT2D eigenvalue weighted by molar-refractivity contribution is -0.379. The summed E-state index contributed by atoms with van der Waals surface area (Å²) in [5.41, 5.74) is 8.98. The van der Waals surface area contributed by atoms with Crippen LogP contribution in [0.1, 0.15) is 16.1 Å². The van der Waals surface area contributed by atoms with Crippen LogP contribution in [0.2, 0.25) is 15.2 Å². The van der Waals surface area contributed by atoms with Crippen molar-refractivity contribution in [2.75, 3.05) is 5.73 Å². The van der Waals surface area contributed by atoms with Crippen LogP contribution in [-0.2, 0) is 0 Å². The number of hydrazone groups is 1. The minimum atomic E-state index is -0.593. The van der Waals surface area contributed by atoms with E-state index in [-0.39, 0.29) is 26.6 Å². The first-order chi connectivity index (χ1) is 11.0. The van der Waals surface area contributed by atoms with Gasteiger partial charge in [-0.25, -0.2) is 5.43 Å². The molecule has 0 atom stereocenters. The van der Waals surface area contributed by atoms with Gasteiger partial charge in [0.2, 0.25) is 0 Å². The van der Waals surface area contributed by atoms with Gasteiger partial charge in [-0.2, -0.15) is 10.1 Å². The Morgan fingerprint density at radius 1 is 1.17 bits per heavy atom. The molecule has 0 saturated heterocycles. The fraction of sp³-hybridized carbons (Fsp3) is 0. The van der Waals surface area contributed by atoms with Gasteiger partial charge in [-0.3, -0.25) is 4.79 Å². The number of carbonyl (C=O) groups excluding carboxylic acids is 1. The van der Waals surface area contributed by atoms with Gasteiger partial charge in [0.1, 0.15) is 10.0 Å². The van der Waals surface area contributed by atoms with Crippen molar-refractivity contribution in [3.63, 3.8) is 0 Å². The summed E-state index contributed by atoms with van der Waals surface area (Å²) in [4.78, 5) is 14.6. The van der Waals surface area contributed by atoms with Gasteiger partial charge < -0.3 is 5.73 Å². The number of hydrogen-bond acceptors (Lipinski definition) is 3. The number of halogens is 3. The molecule has 118 valence electrons. The van der Waals surface area contributed by atoms with Crippen LogP contribution in [0.5, 0.6) is 0 Å². The average molecular weight is 371 g/mol. The van der Waals surface area contributed by atoms with E-state index < -0.39 is 5.91 Å². The third-order valence-corrected chi connectivity index (χ3v) is 3.93. The normalized spacial score (nSPS) is 11.3. The van der Waals surface area contributed by atoms with Crippen molar-refractivity contribution in [1.29, 1.82) is 0 Å². The molecular formula is C15H12Cl3N4O+. The molecule has 0 aliphatic rings. The van der Waals surface area contributed by atoms with E-state index in [1.54, 1.807) is 6.08 Å². The number of nitrogen functional groups attached to an aromatic ring is 1. The minimum absolute atomic E-state index is 0.0201. The van der Waals surface area contributed by atoms with Gasteiger partial charge >= 0.3 is 5.91 Å². The van der Waals surface area contributed by atoms with E-state index in [9.17, 15) is 4.79 Å². The second kappa shape index (κ2) is 7.97. The van der Waals surface area contributed by atoms with Gasteiger partial charge in [0.05, 0.1) is 5.69 Å². The number of aromatic nitrogens is 1. The molecule has 2 rings (SSSR count). The van der Waals surface area contributed by atoms with E-state index in [0.29, 0.717) is 0 Å². The van der Waals surface area contributed by atoms with Crippen molar-refractivity contribution < 1.29 is 9.78 Å². The first-order valence-electron chi connectivity index (χ1n) is 6.41. The summed E-state index contributed by atoms with van der Waals surface area (Å²) in [6.45, 7) is 0. The Kier molecular flexibility index (Phi) is 5.98. The van der Waals surface area contributed by atoms with E-state index in [0.717, 1.165) is 5.56 Å². The zero-order chi connectivity index (χ0) is 16.8. The highest BCUT2D eigenvalue weighted by atomic mass is 35.5. The predicted molar refractivity (Wildman–Crippen MR) is 93.9 cm³/mol. The Hall–Kier alpha value is -2.08. The van der Waals surface area contributed by atoms with Crippen LogP contribution in [0, 0.1) is 0 Å². The van der Waals surface area contributed by atoms with E-state index in [2.05, 4.69) is 15.5 Å². The maximum Gasteiger partial charge on any atom is 0.337 e. The van der Waals surface area contributed by atoms with Gasteiger partial charge in [-0.15, -0.1) is 0 Å². The molecule has 1 heterocycles. The molecule has 0 aliphatic heterocycles. The SMILES string of the molecule is Nc1c(Cl)c(Cl)[nH+]c(C(=O)N/N=C/C=C/c2ccccc2)c1Cl. The number of hydrogen-bond donors (Lipinski definition) is 2. The van der Waals surface area contributed by atoms with Gasteiger partial charge in [0.15, 0.2) is 0 Å². The molecule has 4 N–H and O–H groups in total. The molecule has 1 aromatic carbocycles. The van der Waals surface area contributed by atoms with E-state index in [1.807, 2.05) is 36.4 Å². The van der Waals surface area contributed by atoms with Crippen LogP contribution in [0.3, 0.4) is 0 Å². The Morgan fingerprint density at radius 2 is 1.87 bits per heavy atom. The lowest BCUT2D eigenvalue weighted by atomic mass is 10.2. The fourth-order valence-electron chi connectivity index (χ4n) is 1.64. The molecular weight excluding hydrogens is 359 g/mol. The third kappa shape index (κ3) is 4.45. The van der Waals surface area contributed by atoms with Crippen LogP contribution < -0.4 is 16.1 Å². The molecule has 0 radical (unpaired) electrons. The Balaban J connectivity index is 2.03. The second-order valence-electron chi connectivity index (χ2n) is 4.34. The van der Waals surface area contributed by atoms with E-state index in [4.69, 9.17) is 40.5 Å². The average Bonchev–Trinajstić information content (AvgIpc) is 2.56. The number of rotatable bonds is 4. The number of nitrogens with zero attached hydrogens (tertiary/aromatic N) is 1. The summed E-state index contributed by atoms with van der Waals surface area (Å²) < 4.78 is 0. The van der Waals surface area contributed by atoms with Gasteiger partial charge in [-0.1, -0.05) is 59.6 Å². The standard InChI is InChI=1S/C15H11Cl3N4O/c16-10-12(19)11(17)14(18)21-13(10)15(23)22-20-8-4-7-9-5-2-1-3-6-9/h1-8H,(H2,19,21)(H,22,23)/p+1/b7-4+,20-8+. The quantitative estimate of drug-likeness (QED) is 0.491. The minimum Gasteiger partial charge on any atom is -0.396 e. The lowest BCUT2D eigenvalue weighted by Crippen LogP contribution is -2.28. The third-order valence-electron chi connectivity index (χ3n) is 2.76. The van der Waals surface area contributed by atoms with Crippen LogP contribution in [0.25, 0.3) is 6.08 Å². The molecule has 5 nitrogen and oxygen atoms in total. The molecule has 8 heteroatoms. The zero-order valence-corrected chi connectivity index (χ0v) is 14.0. The van der Waals surface area contributed by atoms with Gasteiger partial charge in [0, 0.05) is 6.21 Å². The zero-order valence-electron chi connectivity index (χ0n) is 11.7. The Bertz CT molecular complexity index is 776. The summed E-state index contributed by atoms with van der Waals surface area (Å²) in [6.07, 6.45) is 4.95. The maximum atomic E-state index is 12.0. The van der Waals surface area contributed by atoms with Crippen LogP contribution in [0.4, 0.5) is 5.69 Å². The highest BCUT2D eigenvalue weighted by Crippen LogP contribution is 2.31. The number of pyridine rings is 1. The predicted octanol–water partition coefficient (Wildman–Crippen LogP) is 3.47. The summed E-state index contributed by atoms with van der Waals surface area (Å²) in [7, 11) is 0. The summed E-state index contributed by atoms with van der Waals surface area (Å²) in [5, 5.41) is 3.84. The summed E-state index contributed by atoms with van der Waals surface area (Å²) in [5.74, 6) is -0.593. The number of amides is 1. The van der Waals surface area contributed by atoms with Crippen molar-refractivity contribution >= 4 is 58.7 Å². The molecule has 23 heavy (non-hydrogen) atoms. The smallest absolute Gasteiger partial charge is 0.337 e. The van der Waals surface area contributed by atoms with Crippen LogP contribution in [0.15, 0.2) is 41.5 Å². The molecule has 0 unspecified atom stereocenters. The monoisotopic (exact) mass is 369 g/mol. The van der Waals surface area contributed by atoms with Crippen LogP contribution >= 0.6 is 34.8 Å². The first kappa shape index (κ1) is 17.3. The number of anilines is 1. The molecule has 0 fully saturated rings. The largest absolute Gasteiger partial charge is 0.396 e. The number of nitrogens with one attached hydrogen (secondary N) is 2. The number of carbonyl (C=O) groups is 1. The van der Waals surface area contributed by atoms with E-state index in [1.165, 1.54) is 6.21 Å². The van der Waals surface area contributed by atoms with Gasteiger partial charge in [-0.05, 0) is 23.2 Å². The molecule has 0 bridgehead atoms. The van der Waals surface area contributed by atoms with Crippen LogP contribution in [-0.4, -0.2) is 12.1 Å². The first-order valence-corrected chi connectivity index (χ1v) is 7.54. The molecule has 0 aliphatic carbocycles. The number of nitrogens with two attached hydrogens (primary N) is 1. The highest BCUT2D eigenvalue weighted by molar-refractivity contribution is 6.45. The van der Waals surface area contributed by atoms with Gasteiger partial charge in [0.25, 0.3) is 10.8 Å². The van der Waals surface area contributed by atoms with Crippen molar-refractivity contribution in [1.82, 2.24) is 5.43 Å². The lowest BCUT2D eigenvalue weighted by Gasteiger charge is -2.02. The van der Waals surface area contributed by atoms with E-state index >= 15 is 0 Å². The molecule has 0 spiro atoms. The summed E-state index contributed by atoms with van der Waals surface area (Å²) in [6, 6.07) is 9.65. The highest BCUT2D eigenvalue weighted by Gasteiger charge is 2.25. The second-order valence-corrected chi connectivity index (χ2v) is 5.48.